The van der Waals surface area contributed by atoms with Crippen molar-refractivity contribution in [2.24, 2.45) is 0 Å². The molecule has 1 atom stereocenters. The average Bonchev–Trinajstić information content (AvgIpc) is 2.60. The molecule has 1 aliphatic heterocycles. The summed E-state index contributed by atoms with van der Waals surface area (Å²) in [4.78, 5) is 1.48. The van der Waals surface area contributed by atoms with Crippen molar-refractivity contribution in [2.45, 2.75) is 36.3 Å². The van der Waals surface area contributed by atoms with Crippen LogP contribution in [0.3, 0.4) is 0 Å². The Morgan fingerprint density at radius 3 is 2.88 bits per heavy atom. The molecular formula is C15H16S. The van der Waals surface area contributed by atoms with Gasteiger partial charge in [0.05, 0.1) is 0 Å². The van der Waals surface area contributed by atoms with Gasteiger partial charge in [-0.05, 0) is 38.3 Å². The highest BCUT2D eigenvalue weighted by atomic mass is 32.2. The smallest absolute Gasteiger partial charge is 0.0464 e. The van der Waals surface area contributed by atoms with Crippen molar-refractivity contribution in [3.63, 3.8) is 0 Å². The molecule has 1 aromatic rings. The molecule has 1 heteroatoms. The summed E-state index contributed by atoms with van der Waals surface area (Å²) >= 11 is 2.04. The summed E-state index contributed by atoms with van der Waals surface area (Å²) in [6.45, 7) is 4.36. The lowest BCUT2D eigenvalue weighted by Gasteiger charge is -2.25. The van der Waals surface area contributed by atoms with Crippen LogP contribution in [0.15, 0.2) is 46.9 Å². The van der Waals surface area contributed by atoms with E-state index in [1.165, 1.54) is 34.4 Å². The van der Waals surface area contributed by atoms with E-state index >= 15 is 0 Å². The van der Waals surface area contributed by atoms with Crippen LogP contribution in [0, 0.1) is 6.92 Å². The third-order valence-corrected chi connectivity index (χ3v) is 4.91. The average molecular weight is 228 g/mol. The highest BCUT2D eigenvalue weighted by Gasteiger charge is 2.36. The monoisotopic (exact) mass is 228 g/mol. The predicted octanol–water partition coefficient (Wildman–Crippen LogP) is 4.29. The number of hydrogen-bond acceptors (Lipinski definition) is 1. The van der Waals surface area contributed by atoms with Crippen molar-refractivity contribution in [1.82, 2.24) is 0 Å². The van der Waals surface area contributed by atoms with Crippen molar-refractivity contribution >= 4 is 11.8 Å². The maximum atomic E-state index is 2.41. The molecule has 3 rings (SSSR count). The molecular weight excluding hydrogens is 212 g/mol. The van der Waals surface area contributed by atoms with E-state index in [1.807, 2.05) is 11.8 Å². The van der Waals surface area contributed by atoms with Crippen molar-refractivity contribution in [2.75, 3.05) is 0 Å². The standard InChI is InChI=1S/C15H16S/c1-11-5-7-15(8-6-11)10-13-9-12(2)3-4-14(13)16-15/h3-7,9H,8,10H2,1-2H3. The molecule has 0 amide bonds. The normalized spacial score (nSPS) is 27.0. The van der Waals surface area contributed by atoms with Crippen LogP contribution in [-0.2, 0) is 6.42 Å². The minimum absolute atomic E-state index is 0.315. The minimum Gasteiger partial charge on any atom is -0.114 e. The Morgan fingerprint density at radius 1 is 1.25 bits per heavy atom. The van der Waals surface area contributed by atoms with Crippen LogP contribution < -0.4 is 0 Å². The Balaban J connectivity index is 1.94. The zero-order valence-corrected chi connectivity index (χ0v) is 10.6. The highest BCUT2D eigenvalue weighted by Crippen LogP contribution is 2.49. The van der Waals surface area contributed by atoms with Crippen LogP contribution in [0.2, 0.25) is 0 Å². The molecule has 1 spiro atoms. The van der Waals surface area contributed by atoms with Crippen LogP contribution in [0.25, 0.3) is 0 Å². The van der Waals surface area contributed by atoms with E-state index in [2.05, 4.69) is 50.3 Å². The molecule has 0 saturated heterocycles. The summed E-state index contributed by atoms with van der Waals surface area (Å²) in [5.74, 6) is 0. The van der Waals surface area contributed by atoms with Crippen LogP contribution in [0.1, 0.15) is 24.5 Å². The van der Waals surface area contributed by atoms with Gasteiger partial charge in [-0.1, -0.05) is 41.5 Å². The summed E-state index contributed by atoms with van der Waals surface area (Å²) < 4.78 is 0.315. The van der Waals surface area contributed by atoms with E-state index in [0.717, 1.165) is 0 Å². The van der Waals surface area contributed by atoms with Crippen LogP contribution in [-0.4, -0.2) is 4.75 Å². The summed E-state index contributed by atoms with van der Waals surface area (Å²) in [5, 5.41) is 0. The van der Waals surface area contributed by atoms with E-state index in [4.69, 9.17) is 0 Å². The fraction of sp³-hybridized carbons (Fsp3) is 0.333. The largest absolute Gasteiger partial charge is 0.114 e. The molecule has 0 nitrogen and oxygen atoms in total. The number of rotatable bonds is 0. The topological polar surface area (TPSA) is 0 Å². The molecule has 0 aromatic heterocycles. The summed E-state index contributed by atoms with van der Waals surface area (Å²) in [7, 11) is 0. The van der Waals surface area contributed by atoms with Gasteiger partial charge in [-0.2, -0.15) is 0 Å². The first-order chi connectivity index (χ1) is 7.67. The van der Waals surface area contributed by atoms with Crippen molar-refractivity contribution < 1.29 is 0 Å². The lowest BCUT2D eigenvalue weighted by molar-refractivity contribution is 0.719. The van der Waals surface area contributed by atoms with Crippen LogP contribution >= 0.6 is 11.8 Å². The van der Waals surface area contributed by atoms with Crippen LogP contribution in [0.4, 0.5) is 0 Å². The van der Waals surface area contributed by atoms with E-state index in [1.54, 1.807) is 0 Å². The second-order valence-electron chi connectivity index (χ2n) is 4.94. The fourth-order valence-corrected chi connectivity index (χ4v) is 3.85. The van der Waals surface area contributed by atoms with Gasteiger partial charge in [-0.25, -0.2) is 0 Å². The predicted molar refractivity (Wildman–Crippen MR) is 71.0 cm³/mol. The first-order valence-corrected chi connectivity index (χ1v) is 6.63. The molecule has 0 N–H and O–H groups in total. The molecule has 1 aliphatic carbocycles. The molecule has 0 bridgehead atoms. The molecule has 16 heavy (non-hydrogen) atoms. The summed E-state index contributed by atoms with van der Waals surface area (Å²) in [6, 6.07) is 6.84. The second kappa shape index (κ2) is 3.53. The third kappa shape index (κ3) is 1.63. The van der Waals surface area contributed by atoms with Gasteiger partial charge in [0.15, 0.2) is 0 Å². The Kier molecular flexibility index (Phi) is 2.25. The maximum absolute atomic E-state index is 2.41. The number of fused-ring (bicyclic) bond motifs is 1. The van der Waals surface area contributed by atoms with Crippen molar-refractivity contribution in [3.05, 3.63) is 53.1 Å². The quantitative estimate of drug-likeness (QED) is 0.638. The van der Waals surface area contributed by atoms with Crippen molar-refractivity contribution in [1.29, 1.82) is 0 Å². The van der Waals surface area contributed by atoms with E-state index in [0.29, 0.717) is 4.75 Å². The lowest BCUT2D eigenvalue weighted by atomic mass is 9.90. The van der Waals surface area contributed by atoms with Gasteiger partial charge >= 0.3 is 0 Å². The number of hydrogen-bond donors (Lipinski definition) is 0. The molecule has 82 valence electrons. The Bertz CT molecular complexity index is 496. The third-order valence-electron chi connectivity index (χ3n) is 3.44. The number of allylic oxidation sites excluding steroid dienone is 3. The summed E-state index contributed by atoms with van der Waals surface area (Å²) in [6.07, 6.45) is 9.41. The van der Waals surface area contributed by atoms with Crippen molar-refractivity contribution in [3.8, 4) is 0 Å². The van der Waals surface area contributed by atoms with Gasteiger partial charge in [-0.15, -0.1) is 11.8 Å². The maximum Gasteiger partial charge on any atom is 0.0464 e. The number of benzene rings is 1. The zero-order valence-electron chi connectivity index (χ0n) is 9.79. The van der Waals surface area contributed by atoms with Gasteiger partial charge in [0.2, 0.25) is 0 Å². The molecule has 0 radical (unpaired) electrons. The number of aryl methyl sites for hydroxylation is 1. The molecule has 1 unspecified atom stereocenters. The Morgan fingerprint density at radius 2 is 2.12 bits per heavy atom. The number of thioether (sulfide) groups is 1. The SMILES string of the molecule is CC1=CCC2(C=C1)Cc1cc(C)ccc1S2. The lowest BCUT2D eigenvalue weighted by Crippen LogP contribution is -2.21. The Hall–Kier alpha value is -0.950. The van der Waals surface area contributed by atoms with E-state index in [-0.39, 0.29) is 0 Å². The highest BCUT2D eigenvalue weighted by molar-refractivity contribution is 8.01. The first kappa shape index (κ1) is 10.2. The Labute approximate surface area is 101 Å². The van der Waals surface area contributed by atoms with Gasteiger partial charge < -0.3 is 0 Å². The minimum atomic E-state index is 0.315. The second-order valence-corrected chi connectivity index (χ2v) is 6.40. The molecule has 2 aliphatic rings. The summed E-state index contributed by atoms with van der Waals surface area (Å²) in [5.41, 5.74) is 4.31. The van der Waals surface area contributed by atoms with E-state index in [9.17, 15) is 0 Å². The van der Waals surface area contributed by atoms with Gasteiger partial charge in [0.25, 0.3) is 0 Å². The van der Waals surface area contributed by atoms with Gasteiger partial charge in [0, 0.05) is 9.64 Å². The fourth-order valence-electron chi connectivity index (χ4n) is 2.48. The van der Waals surface area contributed by atoms with Gasteiger partial charge in [-0.3, -0.25) is 0 Å². The zero-order chi connectivity index (χ0) is 11.2. The first-order valence-electron chi connectivity index (χ1n) is 5.81. The molecule has 1 heterocycles. The molecule has 0 saturated carbocycles. The van der Waals surface area contributed by atoms with E-state index < -0.39 is 0 Å². The van der Waals surface area contributed by atoms with Crippen LogP contribution in [0.5, 0.6) is 0 Å². The molecule has 0 fully saturated rings. The van der Waals surface area contributed by atoms with Gasteiger partial charge in [0.1, 0.15) is 0 Å². The molecule has 1 aromatic carbocycles.